The Morgan fingerprint density at radius 2 is 2.05 bits per heavy atom. The molecule has 0 aromatic rings. The molecule has 1 heterocycles. The van der Waals surface area contributed by atoms with Gasteiger partial charge in [0.1, 0.15) is 0 Å². The standard InChI is InChI=1S/C16H31NO2/c1-4-15(2,18-3)14(17)13-8-11-19-16(12-13)9-6-5-7-10-16/h13-14H,4-12,17H2,1-3H3. The van der Waals surface area contributed by atoms with E-state index in [1.807, 2.05) is 0 Å². The summed E-state index contributed by atoms with van der Waals surface area (Å²) < 4.78 is 11.9. The van der Waals surface area contributed by atoms with E-state index in [2.05, 4.69) is 13.8 Å². The number of hydrogen-bond acceptors (Lipinski definition) is 3. The van der Waals surface area contributed by atoms with Crippen LogP contribution in [0.1, 0.15) is 65.2 Å². The van der Waals surface area contributed by atoms with E-state index in [0.717, 1.165) is 25.9 Å². The molecule has 3 heteroatoms. The fourth-order valence-electron chi connectivity index (χ4n) is 3.93. The third kappa shape index (κ3) is 3.14. The summed E-state index contributed by atoms with van der Waals surface area (Å²) in [5.74, 6) is 0.539. The van der Waals surface area contributed by atoms with Gasteiger partial charge in [-0.15, -0.1) is 0 Å². The van der Waals surface area contributed by atoms with Gasteiger partial charge in [0.05, 0.1) is 11.2 Å². The van der Waals surface area contributed by atoms with E-state index in [1.165, 1.54) is 32.1 Å². The van der Waals surface area contributed by atoms with Crippen LogP contribution in [-0.4, -0.2) is 31.0 Å². The highest BCUT2D eigenvalue weighted by Gasteiger charge is 2.44. The second-order valence-corrected chi connectivity index (χ2v) is 6.74. The van der Waals surface area contributed by atoms with Gasteiger partial charge in [0.2, 0.25) is 0 Å². The number of hydrogen-bond donors (Lipinski definition) is 1. The number of ether oxygens (including phenoxy) is 2. The van der Waals surface area contributed by atoms with E-state index in [4.69, 9.17) is 15.2 Å². The fourth-order valence-corrected chi connectivity index (χ4v) is 3.93. The summed E-state index contributed by atoms with van der Waals surface area (Å²) >= 11 is 0. The maximum absolute atomic E-state index is 6.56. The highest BCUT2D eigenvalue weighted by Crippen LogP contribution is 2.43. The molecule has 2 N–H and O–H groups in total. The summed E-state index contributed by atoms with van der Waals surface area (Å²) in [6.45, 7) is 5.20. The van der Waals surface area contributed by atoms with Crippen molar-refractivity contribution in [2.75, 3.05) is 13.7 Å². The van der Waals surface area contributed by atoms with Crippen LogP contribution in [0.2, 0.25) is 0 Å². The zero-order chi connectivity index (χ0) is 13.9. The second-order valence-electron chi connectivity index (χ2n) is 6.74. The Labute approximate surface area is 118 Å². The van der Waals surface area contributed by atoms with Gasteiger partial charge >= 0.3 is 0 Å². The monoisotopic (exact) mass is 269 g/mol. The van der Waals surface area contributed by atoms with E-state index in [0.29, 0.717) is 5.92 Å². The minimum Gasteiger partial charge on any atom is -0.377 e. The normalized spacial score (nSPS) is 31.9. The van der Waals surface area contributed by atoms with Gasteiger partial charge in [-0.25, -0.2) is 0 Å². The lowest BCUT2D eigenvalue weighted by molar-refractivity contribution is -0.134. The summed E-state index contributed by atoms with van der Waals surface area (Å²) in [6.07, 6.45) is 9.64. The molecule has 0 amide bonds. The Morgan fingerprint density at radius 3 is 2.63 bits per heavy atom. The molecule has 19 heavy (non-hydrogen) atoms. The summed E-state index contributed by atoms with van der Waals surface area (Å²) in [6, 6.07) is 0.116. The molecule has 1 aliphatic carbocycles. The Morgan fingerprint density at radius 1 is 1.37 bits per heavy atom. The molecule has 0 bridgehead atoms. The first-order valence-electron chi connectivity index (χ1n) is 8.00. The van der Waals surface area contributed by atoms with E-state index in [9.17, 15) is 0 Å². The Hall–Kier alpha value is -0.120. The van der Waals surface area contributed by atoms with Crippen LogP contribution in [0, 0.1) is 5.92 Å². The van der Waals surface area contributed by atoms with Gasteiger partial charge in [0, 0.05) is 19.8 Å². The van der Waals surface area contributed by atoms with Crippen LogP contribution >= 0.6 is 0 Å². The average molecular weight is 269 g/mol. The quantitative estimate of drug-likeness (QED) is 0.852. The van der Waals surface area contributed by atoms with Gasteiger partial charge in [-0.3, -0.25) is 0 Å². The van der Waals surface area contributed by atoms with Crippen LogP contribution in [0.25, 0.3) is 0 Å². The molecule has 3 unspecified atom stereocenters. The Kier molecular flexibility index (Phi) is 4.91. The van der Waals surface area contributed by atoms with Gasteiger partial charge in [-0.2, -0.15) is 0 Å². The Bertz CT molecular complexity index is 277. The van der Waals surface area contributed by atoms with Crippen molar-refractivity contribution in [3.8, 4) is 0 Å². The first kappa shape index (κ1) is 15.3. The van der Waals surface area contributed by atoms with Gasteiger partial charge in [0.25, 0.3) is 0 Å². The predicted molar refractivity (Wildman–Crippen MR) is 78.2 cm³/mol. The van der Waals surface area contributed by atoms with E-state index in [1.54, 1.807) is 7.11 Å². The van der Waals surface area contributed by atoms with Crippen molar-refractivity contribution in [1.82, 2.24) is 0 Å². The average Bonchev–Trinajstić information content (AvgIpc) is 2.46. The molecule has 1 saturated carbocycles. The largest absolute Gasteiger partial charge is 0.377 e. The molecule has 0 aromatic heterocycles. The van der Waals surface area contributed by atoms with Gasteiger partial charge in [0.15, 0.2) is 0 Å². The maximum Gasteiger partial charge on any atom is 0.0801 e. The molecule has 3 atom stereocenters. The lowest BCUT2D eigenvalue weighted by Gasteiger charge is -2.47. The summed E-state index contributed by atoms with van der Waals surface area (Å²) in [5, 5.41) is 0. The summed E-state index contributed by atoms with van der Waals surface area (Å²) in [7, 11) is 1.79. The first-order valence-corrected chi connectivity index (χ1v) is 8.00. The number of rotatable bonds is 4. The highest BCUT2D eigenvalue weighted by molar-refractivity contribution is 4.97. The molecule has 112 valence electrons. The van der Waals surface area contributed by atoms with Crippen molar-refractivity contribution in [2.24, 2.45) is 11.7 Å². The zero-order valence-corrected chi connectivity index (χ0v) is 12.9. The molecule has 0 aromatic carbocycles. The molecule has 2 fully saturated rings. The third-order valence-corrected chi connectivity index (χ3v) is 5.68. The van der Waals surface area contributed by atoms with Crippen LogP contribution in [0.4, 0.5) is 0 Å². The smallest absolute Gasteiger partial charge is 0.0801 e. The zero-order valence-electron chi connectivity index (χ0n) is 12.9. The van der Waals surface area contributed by atoms with E-state index >= 15 is 0 Å². The summed E-state index contributed by atoms with van der Waals surface area (Å²) in [4.78, 5) is 0. The van der Waals surface area contributed by atoms with Crippen LogP contribution in [0.15, 0.2) is 0 Å². The number of nitrogens with two attached hydrogens (primary N) is 1. The summed E-state index contributed by atoms with van der Waals surface area (Å²) in [5.41, 5.74) is 6.50. The Balaban J connectivity index is 2.04. The predicted octanol–water partition coefficient (Wildman–Crippen LogP) is 3.26. The third-order valence-electron chi connectivity index (χ3n) is 5.68. The molecule has 1 saturated heterocycles. The van der Waals surface area contributed by atoms with Crippen molar-refractivity contribution in [1.29, 1.82) is 0 Å². The topological polar surface area (TPSA) is 44.5 Å². The minimum absolute atomic E-state index is 0.116. The van der Waals surface area contributed by atoms with Gasteiger partial charge in [-0.05, 0) is 44.9 Å². The molecule has 1 aliphatic heterocycles. The minimum atomic E-state index is -0.197. The SMILES string of the molecule is CCC(C)(OC)C(N)C1CCOC2(CCCCC2)C1. The van der Waals surface area contributed by atoms with Crippen LogP contribution in [0.5, 0.6) is 0 Å². The maximum atomic E-state index is 6.56. The van der Waals surface area contributed by atoms with Crippen LogP contribution < -0.4 is 5.73 Å². The number of methoxy groups -OCH3 is 1. The second kappa shape index (κ2) is 6.11. The molecule has 2 rings (SSSR count). The fraction of sp³-hybridized carbons (Fsp3) is 1.00. The van der Waals surface area contributed by atoms with E-state index < -0.39 is 0 Å². The van der Waals surface area contributed by atoms with Crippen molar-refractivity contribution >= 4 is 0 Å². The van der Waals surface area contributed by atoms with Crippen LogP contribution in [0.3, 0.4) is 0 Å². The first-order chi connectivity index (χ1) is 9.05. The molecule has 3 nitrogen and oxygen atoms in total. The lowest BCUT2D eigenvalue weighted by Crippen LogP contribution is -2.55. The highest BCUT2D eigenvalue weighted by atomic mass is 16.5. The molecule has 0 radical (unpaired) electrons. The molecular weight excluding hydrogens is 238 g/mol. The van der Waals surface area contributed by atoms with Crippen molar-refractivity contribution in [2.45, 2.75) is 82.5 Å². The van der Waals surface area contributed by atoms with Crippen molar-refractivity contribution in [3.63, 3.8) is 0 Å². The molecule has 2 aliphatic rings. The van der Waals surface area contributed by atoms with Crippen LogP contribution in [-0.2, 0) is 9.47 Å². The van der Waals surface area contributed by atoms with Crippen molar-refractivity contribution < 1.29 is 9.47 Å². The lowest BCUT2D eigenvalue weighted by atomic mass is 9.71. The van der Waals surface area contributed by atoms with E-state index in [-0.39, 0.29) is 17.2 Å². The van der Waals surface area contributed by atoms with Gasteiger partial charge < -0.3 is 15.2 Å². The molecule has 1 spiro atoms. The van der Waals surface area contributed by atoms with Crippen molar-refractivity contribution in [3.05, 3.63) is 0 Å². The van der Waals surface area contributed by atoms with Gasteiger partial charge in [-0.1, -0.05) is 26.2 Å². The molecular formula is C16H31NO2.